The third kappa shape index (κ3) is 2.10. The topological polar surface area (TPSA) is 56.2 Å². The summed E-state index contributed by atoms with van der Waals surface area (Å²) in [5, 5.41) is 0.892. The Labute approximate surface area is 110 Å². The summed E-state index contributed by atoms with van der Waals surface area (Å²) in [5.41, 5.74) is 8.14. The number of benzene rings is 2. The van der Waals surface area contributed by atoms with Crippen molar-refractivity contribution in [2.45, 2.75) is 6.42 Å². The monoisotopic (exact) mass is 251 g/mol. The zero-order valence-corrected chi connectivity index (χ0v) is 10.3. The van der Waals surface area contributed by atoms with Crippen molar-refractivity contribution in [3.63, 3.8) is 0 Å². The molecule has 0 fully saturated rings. The quantitative estimate of drug-likeness (QED) is 0.712. The van der Waals surface area contributed by atoms with Crippen LogP contribution in [0.4, 0.5) is 5.69 Å². The highest BCUT2D eigenvalue weighted by atomic mass is 16.4. The van der Waals surface area contributed by atoms with Crippen LogP contribution in [0.2, 0.25) is 0 Å². The first-order valence-electron chi connectivity index (χ1n) is 6.10. The molecule has 0 amide bonds. The number of hydrogen-bond donors (Lipinski definition) is 1. The maximum absolute atomic E-state index is 11.8. The lowest BCUT2D eigenvalue weighted by atomic mass is 10.0. The van der Waals surface area contributed by atoms with Gasteiger partial charge in [0.25, 0.3) is 0 Å². The lowest BCUT2D eigenvalue weighted by molar-refractivity contribution is 0.563. The summed E-state index contributed by atoms with van der Waals surface area (Å²) in [6.45, 7) is 0. The molecule has 0 aliphatic carbocycles. The van der Waals surface area contributed by atoms with Crippen molar-refractivity contribution < 1.29 is 4.42 Å². The third-order valence-electron chi connectivity index (χ3n) is 3.18. The van der Waals surface area contributed by atoms with Gasteiger partial charge in [-0.1, -0.05) is 48.5 Å². The first-order chi connectivity index (χ1) is 9.25. The zero-order chi connectivity index (χ0) is 13.2. The second kappa shape index (κ2) is 4.61. The average molecular weight is 251 g/mol. The van der Waals surface area contributed by atoms with Gasteiger partial charge in [0.1, 0.15) is 11.3 Å². The highest BCUT2D eigenvalue weighted by molar-refractivity contribution is 5.84. The summed E-state index contributed by atoms with van der Waals surface area (Å²) in [5.74, 6) is 0. The van der Waals surface area contributed by atoms with Crippen LogP contribution in [0.25, 0.3) is 11.0 Å². The molecule has 3 rings (SSSR count). The van der Waals surface area contributed by atoms with Crippen LogP contribution in [0.15, 0.2) is 63.8 Å². The molecule has 0 atom stereocenters. The molecule has 0 aliphatic heterocycles. The van der Waals surface area contributed by atoms with Crippen molar-refractivity contribution >= 4 is 16.7 Å². The first kappa shape index (κ1) is 11.5. The molecular formula is C16H13NO2. The van der Waals surface area contributed by atoms with Crippen LogP contribution in [-0.2, 0) is 6.42 Å². The normalized spacial score (nSPS) is 10.7. The Morgan fingerprint density at radius 1 is 0.947 bits per heavy atom. The Morgan fingerprint density at radius 2 is 1.63 bits per heavy atom. The summed E-state index contributed by atoms with van der Waals surface area (Å²) in [4.78, 5) is 11.8. The van der Waals surface area contributed by atoms with Gasteiger partial charge in [-0.2, -0.15) is 0 Å². The minimum absolute atomic E-state index is 0.197. The van der Waals surface area contributed by atoms with Crippen LogP contribution in [0.5, 0.6) is 0 Å². The summed E-state index contributed by atoms with van der Waals surface area (Å²) in [6, 6.07) is 17.4. The van der Waals surface area contributed by atoms with Gasteiger partial charge in [0, 0.05) is 11.8 Å². The third-order valence-corrected chi connectivity index (χ3v) is 3.18. The van der Waals surface area contributed by atoms with E-state index in [0.29, 0.717) is 12.0 Å². The lowest BCUT2D eigenvalue weighted by Crippen LogP contribution is -2.11. The number of nitrogen functional groups attached to an aromatic ring is 1. The number of fused-ring (bicyclic) bond motifs is 1. The van der Waals surface area contributed by atoms with Crippen molar-refractivity contribution in [3.05, 3.63) is 76.1 Å². The van der Waals surface area contributed by atoms with E-state index in [1.165, 1.54) is 0 Å². The fourth-order valence-electron chi connectivity index (χ4n) is 2.22. The molecule has 0 bridgehead atoms. The van der Waals surface area contributed by atoms with Crippen molar-refractivity contribution in [2.75, 3.05) is 5.73 Å². The summed E-state index contributed by atoms with van der Waals surface area (Å²) in [7, 11) is 0. The van der Waals surface area contributed by atoms with Crippen molar-refractivity contribution in [3.8, 4) is 0 Å². The molecule has 0 unspecified atom stereocenters. The Balaban J connectivity index is 2.22. The number of nitrogens with two attached hydrogens (primary N) is 1. The van der Waals surface area contributed by atoms with E-state index in [4.69, 9.17) is 10.2 Å². The predicted molar refractivity (Wildman–Crippen MR) is 76.1 cm³/mol. The summed E-state index contributed by atoms with van der Waals surface area (Å²) >= 11 is 0. The lowest BCUT2D eigenvalue weighted by Gasteiger charge is -2.08. The Morgan fingerprint density at radius 3 is 2.42 bits per heavy atom. The van der Waals surface area contributed by atoms with Gasteiger partial charge in [-0.15, -0.1) is 0 Å². The molecule has 19 heavy (non-hydrogen) atoms. The van der Waals surface area contributed by atoms with Crippen LogP contribution >= 0.6 is 0 Å². The number of hydrogen-bond acceptors (Lipinski definition) is 3. The smallest absolute Gasteiger partial charge is 0.359 e. The average Bonchev–Trinajstić information content (AvgIpc) is 2.45. The molecule has 0 spiro atoms. The molecule has 2 aromatic carbocycles. The Hall–Kier alpha value is -2.55. The van der Waals surface area contributed by atoms with E-state index in [0.717, 1.165) is 16.5 Å². The van der Waals surface area contributed by atoms with Gasteiger partial charge in [-0.05, 0) is 17.2 Å². The minimum atomic E-state index is -0.468. The van der Waals surface area contributed by atoms with E-state index in [9.17, 15) is 4.79 Å². The first-order valence-corrected chi connectivity index (χ1v) is 6.10. The van der Waals surface area contributed by atoms with E-state index in [1.807, 2.05) is 48.5 Å². The maximum Gasteiger partial charge on any atom is 0.359 e. The van der Waals surface area contributed by atoms with Crippen molar-refractivity contribution in [1.29, 1.82) is 0 Å². The molecule has 0 radical (unpaired) electrons. The van der Waals surface area contributed by atoms with E-state index >= 15 is 0 Å². The van der Waals surface area contributed by atoms with Crippen LogP contribution < -0.4 is 11.4 Å². The molecular weight excluding hydrogens is 238 g/mol. The van der Waals surface area contributed by atoms with E-state index in [2.05, 4.69) is 0 Å². The molecule has 0 aliphatic rings. The van der Waals surface area contributed by atoms with Crippen molar-refractivity contribution in [2.24, 2.45) is 0 Å². The largest absolute Gasteiger partial charge is 0.421 e. The van der Waals surface area contributed by atoms with Gasteiger partial charge in [0.15, 0.2) is 0 Å². The van der Waals surface area contributed by atoms with Crippen LogP contribution in [0.3, 0.4) is 0 Å². The van der Waals surface area contributed by atoms with Crippen LogP contribution in [0, 0.1) is 0 Å². The number of rotatable bonds is 2. The van der Waals surface area contributed by atoms with Gasteiger partial charge in [-0.3, -0.25) is 0 Å². The minimum Gasteiger partial charge on any atom is -0.421 e. The van der Waals surface area contributed by atoms with Gasteiger partial charge < -0.3 is 10.2 Å². The Bertz CT molecular complexity index is 776. The molecule has 1 heterocycles. The molecule has 3 heteroatoms. The van der Waals surface area contributed by atoms with Gasteiger partial charge >= 0.3 is 5.63 Å². The van der Waals surface area contributed by atoms with Crippen molar-refractivity contribution in [1.82, 2.24) is 0 Å². The molecule has 2 N–H and O–H groups in total. The number of para-hydroxylation sites is 1. The fourth-order valence-corrected chi connectivity index (χ4v) is 2.22. The van der Waals surface area contributed by atoms with Gasteiger partial charge in [0.2, 0.25) is 0 Å². The second-order valence-corrected chi connectivity index (χ2v) is 4.44. The van der Waals surface area contributed by atoms with E-state index in [-0.39, 0.29) is 5.69 Å². The van der Waals surface area contributed by atoms with Crippen LogP contribution in [0.1, 0.15) is 11.1 Å². The summed E-state index contributed by atoms with van der Waals surface area (Å²) < 4.78 is 5.19. The Kier molecular flexibility index (Phi) is 2.80. The molecule has 0 saturated heterocycles. The van der Waals surface area contributed by atoms with Gasteiger partial charge in [0.05, 0.1) is 0 Å². The highest BCUT2D eigenvalue weighted by Crippen LogP contribution is 2.23. The standard InChI is InChI=1S/C16H13NO2/c17-15-13(10-11-6-2-1-3-7-11)12-8-4-5-9-14(12)19-16(15)18/h1-9H,10,17H2. The highest BCUT2D eigenvalue weighted by Gasteiger charge is 2.11. The molecule has 0 saturated carbocycles. The van der Waals surface area contributed by atoms with Gasteiger partial charge in [-0.25, -0.2) is 4.79 Å². The molecule has 94 valence electrons. The maximum atomic E-state index is 11.8. The second-order valence-electron chi connectivity index (χ2n) is 4.44. The molecule has 3 aromatic rings. The van der Waals surface area contributed by atoms with E-state index < -0.39 is 5.63 Å². The van der Waals surface area contributed by atoms with Crippen LogP contribution in [-0.4, -0.2) is 0 Å². The predicted octanol–water partition coefficient (Wildman–Crippen LogP) is 2.97. The number of anilines is 1. The zero-order valence-electron chi connectivity index (χ0n) is 10.3. The fraction of sp³-hybridized carbons (Fsp3) is 0.0625. The molecule has 1 aromatic heterocycles. The summed E-state index contributed by atoms with van der Waals surface area (Å²) in [6.07, 6.45) is 0.624. The molecule has 3 nitrogen and oxygen atoms in total. The van der Waals surface area contributed by atoms with E-state index in [1.54, 1.807) is 6.07 Å². The SMILES string of the molecule is Nc1c(Cc2ccccc2)c2ccccc2oc1=O.